The molecule has 3 unspecified atom stereocenters. The summed E-state index contributed by atoms with van der Waals surface area (Å²) >= 11 is 0. The van der Waals surface area contributed by atoms with Gasteiger partial charge >= 0.3 is 0 Å². The number of likely N-dealkylation sites (tertiary alicyclic amines) is 1. The van der Waals surface area contributed by atoms with Crippen LogP contribution in [0.3, 0.4) is 0 Å². The number of fused-ring (bicyclic) bond motifs is 1. The molecular weight excluding hydrogens is 388 g/mol. The molecule has 1 aliphatic carbocycles. The SMILES string of the molecule is C=CCN1CCC2(c3cccc(OC)c3)CC(NC(=O)c3ccccc3)CCC2(O)C1. The maximum absolute atomic E-state index is 12.8. The van der Waals surface area contributed by atoms with Gasteiger partial charge in [0.05, 0.1) is 12.7 Å². The fraction of sp³-hybridized carbons (Fsp3) is 0.423. The number of nitrogens with one attached hydrogen (secondary N) is 1. The lowest BCUT2D eigenvalue weighted by Crippen LogP contribution is -2.67. The molecule has 2 aliphatic rings. The van der Waals surface area contributed by atoms with Gasteiger partial charge in [0.1, 0.15) is 5.75 Å². The molecule has 31 heavy (non-hydrogen) atoms. The van der Waals surface area contributed by atoms with Crippen LogP contribution >= 0.6 is 0 Å². The van der Waals surface area contributed by atoms with Crippen LogP contribution in [0.15, 0.2) is 67.3 Å². The molecule has 1 heterocycles. The van der Waals surface area contributed by atoms with Crippen molar-refractivity contribution in [3.8, 4) is 5.75 Å². The standard InChI is InChI=1S/C26H32N2O3/c1-3-15-28-16-14-25(21-10-7-11-23(17-21)31-2)18-22(12-13-26(25,30)19-28)27-24(29)20-8-5-4-6-9-20/h3-11,17,22,30H,1,12-16,18-19H2,2H3,(H,27,29). The Morgan fingerprint density at radius 1 is 1.26 bits per heavy atom. The molecule has 2 N–H and O–H groups in total. The minimum atomic E-state index is -0.866. The van der Waals surface area contributed by atoms with Gasteiger partial charge in [-0.15, -0.1) is 6.58 Å². The van der Waals surface area contributed by atoms with Crippen molar-refractivity contribution in [1.82, 2.24) is 10.2 Å². The number of hydrogen-bond acceptors (Lipinski definition) is 4. The van der Waals surface area contributed by atoms with Gasteiger partial charge in [-0.1, -0.05) is 36.4 Å². The van der Waals surface area contributed by atoms with Crippen LogP contribution in [0.4, 0.5) is 0 Å². The Hall–Kier alpha value is -2.63. The molecule has 164 valence electrons. The maximum atomic E-state index is 12.8. The van der Waals surface area contributed by atoms with Crippen LogP contribution in [0, 0.1) is 0 Å². The van der Waals surface area contributed by atoms with Crippen LogP contribution in [0.25, 0.3) is 0 Å². The normalized spacial score (nSPS) is 28.4. The second-order valence-corrected chi connectivity index (χ2v) is 8.90. The van der Waals surface area contributed by atoms with Gasteiger partial charge in [0.15, 0.2) is 0 Å². The summed E-state index contributed by atoms with van der Waals surface area (Å²) in [6.07, 6.45) is 4.81. The summed E-state index contributed by atoms with van der Waals surface area (Å²) in [6.45, 7) is 6.12. The van der Waals surface area contributed by atoms with Crippen molar-refractivity contribution in [2.24, 2.45) is 0 Å². The minimum Gasteiger partial charge on any atom is -0.497 e. The molecular formula is C26H32N2O3. The molecule has 2 fully saturated rings. The smallest absolute Gasteiger partial charge is 0.251 e. The molecule has 4 rings (SSSR count). The van der Waals surface area contributed by atoms with Crippen molar-refractivity contribution in [3.63, 3.8) is 0 Å². The quantitative estimate of drug-likeness (QED) is 0.702. The summed E-state index contributed by atoms with van der Waals surface area (Å²) in [4.78, 5) is 15.1. The molecule has 3 atom stereocenters. The number of amides is 1. The molecule has 1 saturated heterocycles. The van der Waals surface area contributed by atoms with Gasteiger partial charge in [0, 0.05) is 30.1 Å². The number of nitrogens with zero attached hydrogens (tertiary/aromatic N) is 1. The minimum absolute atomic E-state index is 0.00476. The Labute approximate surface area is 184 Å². The number of piperidine rings is 1. The summed E-state index contributed by atoms with van der Waals surface area (Å²) in [5.74, 6) is 0.735. The molecule has 2 aromatic carbocycles. The molecule has 2 aromatic rings. The third-order valence-corrected chi connectivity index (χ3v) is 7.11. The van der Waals surface area contributed by atoms with Gasteiger partial charge in [-0.25, -0.2) is 0 Å². The number of hydrogen-bond donors (Lipinski definition) is 2. The second kappa shape index (κ2) is 8.85. The number of carbonyl (C=O) groups excluding carboxylic acids is 1. The van der Waals surface area contributed by atoms with Crippen LogP contribution in [0.2, 0.25) is 0 Å². The van der Waals surface area contributed by atoms with Crippen molar-refractivity contribution >= 4 is 5.91 Å². The molecule has 1 amide bonds. The van der Waals surface area contributed by atoms with Gasteiger partial charge in [-0.3, -0.25) is 9.69 Å². The fourth-order valence-corrected chi connectivity index (χ4v) is 5.50. The number of methoxy groups -OCH3 is 1. The second-order valence-electron chi connectivity index (χ2n) is 8.90. The lowest BCUT2D eigenvalue weighted by atomic mass is 9.55. The molecule has 1 aliphatic heterocycles. The van der Waals surface area contributed by atoms with E-state index in [-0.39, 0.29) is 11.9 Å². The van der Waals surface area contributed by atoms with E-state index in [0.29, 0.717) is 24.9 Å². The highest BCUT2D eigenvalue weighted by Gasteiger charge is 2.57. The number of aliphatic hydroxyl groups is 1. The zero-order chi connectivity index (χ0) is 21.9. The van der Waals surface area contributed by atoms with Crippen molar-refractivity contribution in [2.45, 2.75) is 42.7 Å². The van der Waals surface area contributed by atoms with Crippen LogP contribution in [-0.2, 0) is 5.41 Å². The molecule has 0 aromatic heterocycles. The fourth-order valence-electron chi connectivity index (χ4n) is 5.50. The van der Waals surface area contributed by atoms with E-state index < -0.39 is 11.0 Å². The largest absolute Gasteiger partial charge is 0.497 e. The first-order valence-corrected chi connectivity index (χ1v) is 11.1. The topological polar surface area (TPSA) is 61.8 Å². The lowest BCUT2D eigenvalue weighted by molar-refractivity contribution is -0.123. The van der Waals surface area contributed by atoms with Crippen LogP contribution < -0.4 is 10.1 Å². The highest BCUT2D eigenvalue weighted by atomic mass is 16.5. The van der Waals surface area contributed by atoms with Gasteiger partial charge in [0.25, 0.3) is 5.91 Å². The first kappa shape index (κ1) is 21.6. The number of β-amino-alcohol motifs (C(OH)–C–C–N with tert-alkyl or cyclic N) is 1. The predicted molar refractivity (Wildman–Crippen MR) is 122 cm³/mol. The number of ether oxygens (including phenoxy) is 1. The summed E-state index contributed by atoms with van der Waals surface area (Å²) in [6, 6.07) is 17.4. The van der Waals surface area contributed by atoms with Crippen molar-refractivity contribution in [1.29, 1.82) is 0 Å². The van der Waals surface area contributed by atoms with E-state index in [0.717, 1.165) is 37.2 Å². The first-order chi connectivity index (χ1) is 15.0. The average molecular weight is 421 g/mol. The van der Waals surface area contributed by atoms with Gasteiger partial charge in [0.2, 0.25) is 0 Å². The van der Waals surface area contributed by atoms with Crippen LogP contribution in [0.5, 0.6) is 5.75 Å². The Morgan fingerprint density at radius 2 is 2.06 bits per heavy atom. The zero-order valence-electron chi connectivity index (χ0n) is 18.2. The monoisotopic (exact) mass is 420 g/mol. The molecule has 5 heteroatoms. The number of rotatable bonds is 6. The van der Waals surface area contributed by atoms with Gasteiger partial charge in [-0.05, 0) is 62.1 Å². The van der Waals surface area contributed by atoms with Gasteiger partial charge in [-0.2, -0.15) is 0 Å². The highest BCUT2D eigenvalue weighted by molar-refractivity contribution is 5.94. The van der Waals surface area contributed by atoms with E-state index in [9.17, 15) is 9.90 Å². The Bertz CT molecular complexity index is 931. The molecule has 5 nitrogen and oxygen atoms in total. The molecule has 0 bridgehead atoms. The Balaban J connectivity index is 1.65. The zero-order valence-corrected chi connectivity index (χ0v) is 18.2. The van der Waals surface area contributed by atoms with E-state index in [1.807, 2.05) is 48.5 Å². The van der Waals surface area contributed by atoms with E-state index in [1.165, 1.54) is 0 Å². The van der Waals surface area contributed by atoms with E-state index >= 15 is 0 Å². The summed E-state index contributed by atoms with van der Waals surface area (Å²) in [7, 11) is 1.67. The van der Waals surface area contributed by atoms with E-state index in [1.54, 1.807) is 7.11 Å². The van der Waals surface area contributed by atoms with E-state index in [2.05, 4.69) is 28.9 Å². The highest BCUT2D eigenvalue weighted by Crippen LogP contribution is 2.52. The van der Waals surface area contributed by atoms with E-state index in [4.69, 9.17) is 4.74 Å². The third kappa shape index (κ3) is 4.12. The lowest BCUT2D eigenvalue weighted by Gasteiger charge is -2.58. The summed E-state index contributed by atoms with van der Waals surface area (Å²) < 4.78 is 5.49. The van der Waals surface area contributed by atoms with Gasteiger partial charge < -0.3 is 15.2 Å². The van der Waals surface area contributed by atoms with Crippen molar-refractivity contribution in [3.05, 3.63) is 78.4 Å². The molecule has 0 radical (unpaired) electrons. The summed E-state index contributed by atoms with van der Waals surface area (Å²) in [5, 5.41) is 15.2. The average Bonchev–Trinajstić information content (AvgIpc) is 2.80. The third-order valence-electron chi connectivity index (χ3n) is 7.11. The Kier molecular flexibility index (Phi) is 6.17. The van der Waals surface area contributed by atoms with Crippen molar-refractivity contribution < 1.29 is 14.6 Å². The molecule has 1 saturated carbocycles. The van der Waals surface area contributed by atoms with Crippen molar-refractivity contribution in [2.75, 3.05) is 26.7 Å². The molecule has 0 spiro atoms. The maximum Gasteiger partial charge on any atom is 0.251 e. The van der Waals surface area contributed by atoms with Crippen LogP contribution in [0.1, 0.15) is 41.6 Å². The first-order valence-electron chi connectivity index (χ1n) is 11.1. The predicted octanol–water partition coefficient (Wildman–Crippen LogP) is 3.54. The number of benzene rings is 2. The Morgan fingerprint density at radius 3 is 2.81 bits per heavy atom. The summed E-state index contributed by atoms with van der Waals surface area (Å²) in [5.41, 5.74) is 0.451. The van der Waals surface area contributed by atoms with Crippen LogP contribution in [-0.4, -0.2) is 54.3 Å². The number of carbonyl (C=O) groups is 1.